The molecular formula is C25H28F3N5O3. The number of pyridine rings is 1. The first kappa shape index (κ1) is 25.6. The molecule has 1 amide bonds. The summed E-state index contributed by atoms with van der Waals surface area (Å²) in [6.45, 7) is 4.35. The molecule has 1 aliphatic rings. The fourth-order valence-corrected chi connectivity index (χ4v) is 4.64. The van der Waals surface area contributed by atoms with Gasteiger partial charge in [0.1, 0.15) is 29.7 Å². The Kier molecular flexibility index (Phi) is 7.58. The van der Waals surface area contributed by atoms with Crippen molar-refractivity contribution < 1.29 is 22.7 Å². The third-order valence-corrected chi connectivity index (χ3v) is 6.52. The van der Waals surface area contributed by atoms with Gasteiger partial charge in [-0.1, -0.05) is 18.2 Å². The number of fused-ring (bicyclic) bond motifs is 1. The number of piperidine rings is 1. The number of rotatable bonds is 7. The van der Waals surface area contributed by atoms with E-state index in [1.54, 1.807) is 24.8 Å². The first-order valence-corrected chi connectivity index (χ1v) is 11.7. The number of ether oxygens (including phenoxy) is 1. The Morgan fingerprint density at radius 2 is 1.94 bits per heavy atom. The molecule has 0 saturated carbocycles. The van der Waals surface area contributed by atoms with Gasteiger partial charge >= 0.3 is 0 Å². The van der Waals surface area contributed by atoms with E-state index in [2.05, 4.69) is 20.3 Å². The highest BCUT2D eigenvalue weighted by atomic mass is 19.3. The van der Waals surface area contributed by atoms with Crippen LogP contribution < -0.4 is 10.9 Å². The predicted molar refractivity (Wildman–Crippen MR) is 129 cm³/mol. The van der Waals surface area contributed by atoms with Crippen LogP contribution in [0.5, 0.6) is 0 Å². The number of aromatic amines is 1. The van der Waals surface area contributed by atoms with E-state index in [9.17, 15) is 22.8 Å². The molecule has 8 nitrogen and oxygen atoms in total. The lowest BCUT2D eigenvalue weighted by Crippen LogP contribution is -2.40. The number of amides is 1. The van der Waals surface area contributed by atoms with Gasteiger partial charge in [0.15, 0.2) is 0 Å². The number of carbonyl (C=O) groups is 1. The summed E-state index contributed by atoms with van der Waals surface area (Å²) in [6.07, 6.45) is -1.70. The minimum atomic E-state index is -2.93. The second-order valence-corrected chi connectivity index (χ2v) is 8.94. The highest BCUT2D eigenvalue weighted by molar-refractivity contribution is 5.87. The SMILES string of the molecule is COCC(=O)N1CCC(c2cc3c(N[C@H](C)c4cccc(C(F)F)c4F)nc(C)nc3[nH]c2=O)CC1. The molecule has 36 heavy (non-hydrogen) atoms. The predicted octanol–water partition coefficient (Wildman–Crippen LogP) is 4.23. The van der Waals surface area contributed by atoms with Crippen LogP contribution in [-0.2, 0) is 9.53 Å². The molecule has 0 aliphatic carbocycles. The summed E-state index contributed by atoms with van der Waals surface area (Å²) in [5.41, 5.74) is 0.0227. The normalized spacial score (nSPS) is 15.5. The van der Waals surface area contributed by atoms with Crippen molar-refractivity contribution >= 4 is 22.8 Å². The lowest BCUT2D eigenvalue weighted by Gasteiger charge is -2.31. The number of nitrogens with zero attached hydrogens (tertiary/aromatic N) is 3. The van der Waals surface area contributed by atoms with E-state index >= 15 is 0 Å². The number of hydrogen-bond acceptors (Lipinski definition) is 6. The first-order chi connectivity index (χ1) is 17.2. The molecule has 1 atom stereocenters. The van der Waals surface area contributed by atoms with Gasteiger partial charge in [-0.05, 0) is 38.7 Å². The van der Waals surface area contributed by atoms with E-state index in [0.29, 0.717) is 54.2 Å². The molecule has 4 rings (SSSR count). The number of benzene rings is 1. The zero-order chi connectivity index (χ0) is 26.0. The first-order valence-electron chi connectivity index (χ1n) is 11.7. The van der Waals surface area contributed by atoms with Gasteiger partial charge in [0, 0.05) is 31.3 Å². The van der Waals surface area contributed by atoms with E-state index in [-0.39, 0.29) is 29.6 Å². The Labute approximate surface area is 205 Å². The molecule has 0 radical (unpaired) electrons. The van der Waals surface area contributed by atoms with Crippen molar-refractivity contribution in [1.29, 1.82) is 0 Å². The number of alkyl halides is 2. The van der Waals surface area contributed by atoms with Gasteiger partial charge in [0.2, 0.25) is 5.91 Å². The Balaban J connectivity index is 1.64. The topological polar surface area (TPSA) is 100 Å². The number of methoxy groups -OCH3 is 1. The maximum atomic E-state index is 14.7. The maximum Gasteiger partial charge on any atom is 0.266 e. The minimum absolute atomic E-state index is 0.0198. The van der Waals surface area contributed by atoms with Crippen LogP contribution in [0.2, 0.25) is 0 Å². The van der Waals surface area contributed by atoms with Crippen LogP contribution in [0.1, 0.15) is 60.7 Å². The lowest BCUT2D eigenvalue weighted by atomic mass is 9.89. The van der Waals surface area contributed by atoms with Gasteiger partial charge in [-0.3, -0.25) is 9.59 Å². The Morgan fingerprint density at radius 3 is 2.61 bits per heavy atom. The molecule has 0 spiro atoms. The summed E-state index contributed by atoms with van der Waals surface area (Å²) in [5.74, 6) is -0.386. The zero-order valence-corrected chi connectivity index (χ0v) is 20.3. The molecule has 11 heteroatoms. The zero-order valence-electron chi connectivity index (χ0n) is 20.3. The fraction of sp³-hybridized carbons (Fsp3) is 0.440. The van der Waals surface area contributed by atoms with Crippen LogP contribution in [0.25, 0.3) is 11.0 Å². The highest BCUT2D eigenvalue weighted by Crippen LogP contribution is 2.32. The largest absolute Gasteiger partial charge is 0.375 e. The summed E-state index contributed by atoms with van der Waals surface area (Å²) >= 11 is 0. The van der Waals surface area contributed by atoms with E-state index in [0.717, 1.165) is 6.07 Å². The van der Waals surface area contributed by atoms with Crippen LogP contribution >= 0.6 is 0 Å². The standard InChI is InChI=1S/C25H28F3N5O3/c1-13(16-5-4-6-17(21(16)26)22(27)28)29-23-19-11-18(25(35)32-24(19)31-14(2)30-23)15-7-9-33(10-8-15)20(34)12-36-3/h4-6,11,13,15,22H,7-10,12H2,1-3H3,(H2,29,30,31,32,35)/t13-/m1/s1. The number of halogens is 3. The molecule has 1 fully saturated rings. The van der Waals surface area contributed by atoms with Crippen molar-refractivity contribution in [3.05, 3.63) is 63.0 Å². The van der Waals surface area contributed by atoms with Crippen LogP contribution in [-0.4, -0.2) is 52.6 Å². The van der Waals surface area contributed by atoms with Gasteiger partial charge < -0.3 is 19.9 Å². The summed E-state index contributed by atoms with van der Waals surface area (Å²) in [6, 6.07) is 4.94. The summed E-state index contributed by atoms with van der Waals surface area (Å²) in [5, 5.41) is 3.64. The van der Waals surface area contributed by atoms with Gasteiger partial charge in [0.05, 0.1) is 17.0 Å². The second-order valence-electron chi connectivity index (χ2n) is 8.94. The maximum absolute atomic E-state index is 14.7. The third kappa shape index (κ3) is 5.20. The summed E-state index contributed by atoms with van der Waals surface area (Å²) < 4.78 is 46.0. The molecule has 1 aliphatic heterocycles. The van der Waals surface area contributed by atoms with Crippen molar-refractivity contribution in [3.63, 3.8) is 0 Å². The molecule has 3 heterocycles. The number of nitrogens with one attached hydrogen (secondary N) is 2. The Bertz CT molecular complexity index is 1320. The van der Waals surface area contributed by atoms with Gasteiger partial charge in [-0.25, -0.2) is 23.1 Å². The van der Waals surface area contributed by atoms with Crippen molar-refractivity contribution in [2.24, 2.45) is 0 Å². The minimum Gasteiger partial charge on any atom is -0.375 e. The number of aryl methyl sites for hydroxylation is 1. The molecule has 0 unspecified atom stereocenters. The van der Waals surface area contributed by atoms with Crippen molar-refractivity contribution in [3.8, 4) is 0 Å². The molecular weight excluding hydrogens is 475 g/mol. The number of H-pyrrole nitrogens is 1. The molecule has 1 saturated heterocycles. The van der Waals surface area contributed by atoms with Crippen LogP contribution in [0, 0.1) is 12.7 Å². The monoisotopic (exact) mass is 503 g/mol. The third-order valence-electron chi connectivity index (χ3n) is 6.52. The quantitative estimate of drug-likeness (QED) is 0.501. The van der Waals surface area contributed by atoms with Gasteiger partial charge in [-0.2, -0.15) is 0 Å². The van der Waals surface area contributed by atoms with Gasteiger partial charge in [0.25, 0.3) is 12.0 Å². The van der Waals surface area contributed by atoms with Crippen LogP contribution in [0.4, 0.5) is 19.0 Å². The molecule has 0 bridgehead atoms. The number of anilines is 1. The van der Waals surface area contributed by atoms with E-state index in [1.807, 2.05) is 0 Å². The molecule has 1 aromatic carbocycles. The summed E-state index contributed by atoms with van der Waals surface area (Å²) in [7, 11) is 1.47. The van der Waals surface area contributed by atoms with Gasteiger partial charge in [-0.15, -0.1) is 0 Å². The number of aromatic nitrogens is 3. The number of carbonyl (C=O) groups excluding carboxylic acids is 1. The van der Waals surface area contributed by atoms with E-state index in [4.69, 9.17) is 4.74 Å². The molecule has 192 valence electrons. The second kappa shape index (κ2) is 10.7. The van der Waals surface area contributed by atoms with E-state index in [1.165, 1.54) is 19.2 Å². The molecule has 2 N–H and O–H groups in total. The lowest BCUT2D eigenvalue weighted by molar-refractivity contribution is -0.136. The number of hydrogen-bond donors (Lipinski definition) is 2. The van der Waals surface area contributed by atoms with Crippen molar-refractivity contribution in [2.75, 3.05) is 32.1 Å². The van der Waals surface area contributed by atoms with Crippen LogP contribution in [0.15, 0.2) is 29.1 Å². The fourth-order valence-electron chi connectivity index (χ4n) is 4.64. The van der Waals surface area contributed by atoms with Crippen molar-refractivity contribution in [1.82, 2.24) is 19.9 Å². The van der Waals surface area contributed by atoms with Crippen molar-refractivity contribution in [2.45, 2.75) is 45.1 Å². The number of likely N-dealkylation sites (tertiary alicyclic amines) is 1. The van der Waals surface area contributed by atoms with E-state index < -0.39 is 23.8 Å². The Morgan fingerprint density at radius 1 is 1.25 bits per heavy atom. The average Bonchev–Trinajstić information content (AvgIpc) is 2.83. The average molecular weight is 504 g/mol. The summed E-state index contributed by atoms with van der Waals surface area (Å²) in [4.78, 5) is 38.3. The molecule has 3 aromatic rings. The highest BCUT2D eigenvalue weighted by Gasteiger charge is 2.26. The smallest absolute Gasteiger partial charge is 0.266 e. The van der Waals surface area contributed by atoms with Crippen LogP contribution in [0.3, 0.4) is 0 Å². The molecule has 2 aromatic heterocycles. The Hall–Kier alpha value is -3.47.